The first kappa shape index (κ1) is 14.3. The number of rotatable bonds is 7. The lowest BCUT2D eigenvalue weighted by Gasteiger charge is -2.43. The Bertz CT molecular complexity index is 365. The number of carboxylic acids is 1. The van der Waals surface area contributed by atoms with Crippen molar-refractivity contribution < 1.29 is 9.90 Å². The Kier molecular flexibility index (Phi) is 4.04. The molecular formula is C16H28N2O2. The van der Waals surface area contributed by atoms with Crippen molar-refractivity contribution in [1.29, 1.82) is 0 Å². The molecule has 20 heavy (non-hydrogen) atoms. The van der Waals surface area contributed by atoms with E-state index >= 15 is 0 Å². The molecule has 114 valence electrons. The van der Waals surface area contributed by atoms with Gasteiger partial charge in [0, 0.05) is 18.6 Å². The first-order valence-corrected chi connectivity index (χ1v) is 8.38. The van der Waals surface area contributed by atoms with Gasteiger partial charge >= 0.3 is 5.97 Å². The molecule has 0 aromatic heterocycles. The number of hydrogen-bond donors (Lipinski definition) is 2. The zero-order valence-corrected chi connectivity index (χ0v) is 12.6. The third-order valence-electron chi connectivity index (χ3n) is 5.30. The van der Waals surface area contributed by atoms with Gasteiger partial charge in [0.15, 0.2) is 0 Å². The molecule has 0 aromatic rings. The summed E-state index contributed by atoms with van der Waals surface area (Å²) in [5.41, 5.74) is -0.652. The Labute approximate surface area is 121 Å². The van der Waals surface area contributed by atoms with E-state index in [1.165, 1.54) is 25.8 Å². The number of aliphatic carboxylic acids is 1. The summed E-state index contributed by atoms with van der Waals surface area (Å²) in [5.74, 6) is 0.254. The smallest absolute Gasteiger partial charge is 0.323 e. The van der Waals surface area contributed by atoms with Crippen LogP contribution in [0, 0.1) is 5.92 Å². The lowest BCUT2D eigenvalue weighted by atomic mass is 9.78. The SMILES string of the molecule is CCN(CC1CC1)C1CCCC(NC2CC2)(C(=O)O)C1. The van der Waals surface area contributed by atoms with Gasteiger partial charge in [-0.05, 0) is 63.8 Å². The Morgan fingerprint density at radius 3 is 2.60 bits per heavy atom. The van der Waals surface area contributed by atoms with Crippen LogP contribution >= 0.6 is 0 Å². The highest BCUT2D eigenvalue weighted by molar-refractivity contribution is 5.79. The van der Waals surface area contributed by atoms with E-state index in [4.69, 9.17) is 0 Å². The Morgan fingerprint density at radius 2 is 2.05 bits per heavy atom. The van der Waals surface area contributed by atoms with E-state index in [0.717, 1.165) is 44.6 Å². The second-order valence-corrected chi connectivity index (χ2v) is 7.09. The van der Waals surface area contributed by atoms with Crippen molar-refractivity contribution in [3.63, 3.8) is 0 Å². The maximum Gasteiger partial charge on any atom is 0.323 e. The second kappa shape index (κ2) is 5.64. The normalized spacial score (nSPS) is 34.4. The number of carboxylic acid groups (broad SMARTS) is 1. The van der Waals surface area contributed by atoms with Crippen LogP contribution in [0.15, 0.2) is 0 Å². The van der Waals surface area contributed by atoms with E-state index in [-0.39, 0.29) is 0 Å². The zero-order valence-electron chi connectivity index (χ0n) is 12.6. The highest BCUT2D eigenvalue weighted by Crippen LogP contribution is 2.37. The number of carbonyl (C=O) groups is 1. The molecule has 2 N–H and O–H groups in total. The molecule has 0 saturated heterocycles. The maximum atomic E-state index is 11.8. The summed E-state index contributed by atoms with van der Waals surface area (Å²) in [6, 6.07) is 0.917. The van der Waals surface area contributed by atoms with E-state index < -0.39 is 11.5 Å². The van der Waals surface area contributed by atoms with Crippen molar-refractivity contribution in [1.82, 2.24) is 10.2 Å². The van der Waals surface area contributed by atoms with Gasteiger partial charge in [-0.15, -0.1) is 0 Å². The van der Waals surface area contributed by atoms with Crippen LogP contribution in [0.3, 0.4) is 0 Å². The molecule has 0 aromatic carbocycles. The van der Waals surface area contributed by atoms with Crippen molar-refractivity contribution in [2.24, 2.45) is 5.92 Å². The summed E-state index contributed by atoms with van der Waals surface area (Å²) in [6.45, 7) is 4.45. The summed E-state index contributed by atoms with van der Waals surface area (Å²) in [7, 11) is 0. The lowest BCUT2D eigenvalue weighted by Crippen LogP contribution is -2.59. The van der Waals surface area contributed by atoms with Crippen LogP contribution in [0.5, 0.6) is 0 Å². The van der Waals surface area contributed by atoms with Gasteiger partial charge in [-0.3, -0.25) is 10.1 Å². The predicted molar refractivity (Wildman–Crippen MR) is 78.8 cm³/mol. The predicted octanol–water partition coefficient (Wildman–Crippen LogP) is 2.24. The van der Waals surface area contributed by atoms with Crippen LogP contribution < -0.4 is 5.32 Å². The van der Waals surface area contributed by atoms with E-state index in [2.05, 4.69) is 17.1 Å². The molecule has 0 amide bonds. The first-order chi connectivity index (χ1) is 9.63. The molecule has 3 rings (SSSR count). The average Bonchev–Trinajstić information content (AvgIpc) is 3.31. The Balaban J connectivity index is 1.67. The summed E-state index contributed by atoms with van der Waals surface area (Å²) >= 11 is 0. The topological polar surface area (TPSA) is 52.6 Å². The second-order valence-electron chi connectivity index (χ2n) is 7.09. The monoisotopic (exact) mass is 280 g/mol. The van der Waals surface area contributed by atoms with Gasteiger partial charge in [0.2, 0.25) is 0 Å². The fraction of sp³-hybridized carbons (Fsp3) is 0.938. The molecule has 2 unspecified atom stereocenters. The van der Waals surface area contributed by atoms with Gasteiger partial charge in [0.1, 0.15) is 5.54 Å². The van der Waals surface area contributed by atoms with Crippen LogP contribution in [-0.2, 0) is 4.79 Å². The van der Waals surface area contributed by atoms with Gasteiger partial charge in [0.25, 0.3) is 0 Å². The number of hydrogen-bond acceptors (Lipinski definition) is 3. The molecule has 3 aliphatic carbocycles. The van der Waals surface area contributed by atoms with Gasteiger partial charge in [-0.2, -0.15) is 0 Å². The fourth-order valence-electron chi connectivity index (χ4n) is 3.73. The number of nitrogens with zero attached hydrogens (tertiary/aromatic N) is 1. The highest BCUT2D eigenvalue weighted by atomic mass is 16.4. The van der Waals surface area contributed by atoms with Gasteiger partial charge in [-0.25, -0.2) is 0 Å². The minimum absolute atomic E-state index is 0.455. The minimum atomic E-state index is -0.652. The van der Waals surface area contributed by atoms with Crippen molar-refractivity contribution in [3.8, 4) is 0 Å². The molecule has 2 atom stereocenters. The van der Waals surface area contributed by atoms with Crippen molar-refractivity contribution in [3.05, 3.63) is 0 Å². The van der Waals surface area contributed by atoms with Gasteiger partial charge < -0.3 is 10.0 Å². The first-order valence-electron chi connectivity index (χ1n) is 8.38. The quantitative estimate of drug-likeness (QED) is 0.751. The lowest BCUT2D eigenvalue weighted by molar-refractivity contribution is -0.147. The van der Waals surface area contributed by atoms with Crippen LogP contribution in [0.4, 0.5) is 0 Å². The van der Waals surface area contributed by atoms with Crippen molar-refractivity contribution >= 4 is 5.97 Å². The summed E-state index contributed by atoms with van der Waals surface area (Å²) in [5, 5.41) is 13.2. The zero-order chi connectivity index (χ0) is 14.2. The van der Waals surface area contributed by atoms with Crippen LogP contribution in [0.25, 0.3) is 0 Å². The Hall–Kier alpha value is -0.610. The molecule has 3 fully saturated rings. The summed E-state index contributed by atoms with van der Waals surface area (Å²) < 4.78 is 0. The third kappa shape index (κ3) is 3.17. The van der Waals surface area contributed by atoms with Crippen molar-refractivity contribution in [2.75, 3.05) is 13.1 Å². The van der Waals surface area contributed by atoms with Gasteiger partial charge in [0.05, 0.1) is 0 Å². The van der Waals surface area contributed by atoms with Crippen LogP contribution in [-0.4, -0.2) is 46.7 Å². The molecule has 0 heterocycles. The molecule has 0 radical (unpaired) electrons. The van der Waals surface area contributed by atoms with E-state index in [1.54, 1.807) is 0 Å². The van der Waals surface area contributed by atoms with Gasteiger partial charge in [-0.1, -0.05) is 6.92 Å². The summed E-state index contributed by atoms with van der Waals surface area (Å²) in [4.78, 5) is 14.4. The molecule has 4 heteroatoms. The molecular weight excluding hydrogens is 252 g/mol. The molecule has 0 aliphatic heterocycles. The van der Waals surface area contributed by atoms with E-state index in [1.807, 2.05) is 0 Å². The van der Waals surface area contributed by atoms with Crippen molar-refractivity contribution in [2.45, 2.75) is 75.9 Å². The van der Waals surface area contributed by atoms with E-state index in [9.17, 15) is 9.90 Å². The molecule has 3 aliphatic rings. The summed E-state index contributed by atoms with van der Waals surface area (Å²) in [6.07, 6.45) is 8.84. The molecule has 3 saturated carbocycles. The van der Waals surface area contributed by atoms with Crippen LogP contribution in [0.1, 0.15) is 58.3 Å². The molecule has 0 bridgehead atoms. The fourth-order valence-corrected chi connectivity index (χ4v) is 3.73. The molecule has 0 spiro atoms. The standard InChI is InChI=1S/C16H28N2O2/c1-2-18(11-12-5-6-12)14-4-3-9-16(10-14,15(19)20)17-13-7-8-13/h12-14,17H,2-11H2,1H3,(H,19,20). The average molecular weight is 280 g/mol. The Morgan fingerprint density at radius 1 is 1.30 bits per heavy atom. The maximum absolute atomic E-state index is 11.8. The van der Waals surface area contributed by atoms with E-state index in [0.29, 0.717) is 12.1 Å². The molecule has 4 nitrogen and oxygen atoms in total. The minimum Gasteiger partial charge on any atom is -0.480 e. The van der Waals surface area contributed by atoms with Crippen LogP contribution in [0.2, 0.25) is 0 Å². The third-order valence-corrected chi connectivity index (χ3v) is 5.30. The number of nitrogens with one attached hydrogen (secondary N) is 1. The largest absolute Gasteiger partial charge is 0.480 e. The highest BCUT2D eigenvalue weighted by Gasteiger charge is 2.47.